The van der Waals surface area contributed by atoms with E-state index in [2.05, 4.69) is 5.32 Å². The number of halogens is 3. The third kappa shape index (κ3) is 4.07. The van der Waals surface area contributed by atoms with Gasteiger partial charge in [0.05, 0.1) is 18.7 Å². The van der Waals surface area contributed by atoms with Gasteiger partial charge in [-0.25, -0.2) is 0 Å². The minimum Gasteiger partial charge on any atom is -0.496 e. The number of hydrogen-bond donors (Lipinski definition) is 1. The zero-order valence-corrected chi connectivity index (χ0v) is 13.6. The van der Waals surface area contributed by atoms with E-state index < -0.39 is 23.7 Å². The lowest BCUT2D eigenvalue weighted by molar-refractivity contribution is -0.137. The van der Waals surface area contributed by atoms with Crippen LogP contribution in [0.3, 0.4) is 0 Å². The van der Waals surface area contributed by atoms with Crippen LogP contribution < -0.4 is 10.1 Å². The van der Waals surface area contributed by atoms with Crippen LogP contribution >= 0.6 is 0 Å². The first kappa shape index (κ1) is 17.8. The number of benzene rings is 2. The lowest BCUT2D eigenvalue weighted by atomic mass is 10.0. The predicted molar refractivity (Wildman–Crippen MR) is 85.1 cm³/mol. The fourth-order valence-electron chi connectivity index (χ4n) is 2.39. The van der Waals surface area contributed by atoms with Gasteiger partial charge in [-0.2, -0.15) is 13.2 Å². The van der Waals surface area contributed by atoms with Crippen LogP contribution in [-0.2, 0) is 6.18 Å². The van der Waals surface area contributed by atoms with Gasteiger partial charge < -0.3 is 10.1 Å². The van der Waals surface area contributed by atoms with E-state index in [-0.39, 0.29) is 5.56 Å². The summed E-state index contributed by atoms with van der Waals surface area (Å²) in [6, 6.07) is 9.47. The molecule has 0 aliphatic rings. The van der Waals surface area contributed by atoms with Gasteiger partial charge in [-0.15, -0.1) is 0 Å². The minimum atomic E-state index is -4.48. The highest BCUT2D eigenvalue weighted by Gasteiger charge is 2.31. The van der Waals surface area contributed by atoms with Crippen LogP contribution in [0.5, 0.6) is 5.75 Å². The van der Waals surface area contributed by atoms with E-state index in [1.54, 1.807) is 13.0 Å². The Bertz CT molecular complexity index is 741. The van der Waals surface area contributed by atoms with Crippen molar-refractivity contribution in [2.45, 2.75) is 26.1 Å². The number of ether oxygens (including phenoxy) is 1. The first-order valence-corrected chi connectivity index (χ1v) is 7.35. The normalized spacial score (nSPS) is 12.6. The third-order valence-corrected chi connectivity index (χ3v) is 3.65. The lowest BCUT2D eigenvalue weighted by Gasteiger charge is -2.18. The van der Waals surface area contributed by atoms with Gasteiger partial charge in [-0.05, 0) is 38.1 Å². The molecule has 6 heteroatoms. The van der Waals surface area contributed by atoms with Gasteiger partial charge in [0, 0.05) is 11.1 Å². The number of aryl methyl sites for hydroxylation is 1. The van der Waals surface area contributed by atoms with Gasteiger partial charge in [0.1, 0.15) is 5.75 Å². The molecule has 1 atom stereocenters. The molecule has 0 saturated carbocycles. The zero-order chi connectivity index (χ0) is 17.9. The highest BCUT2D eigenvalue weighted by Crippen LogP contribution is 2.30. The molecular weight excluding hydrogens is 319 g/mol. The smallest absolute Gasteiger partial charge is 0.416 e. The van der Waals surface area contributed by atoms with Crippen molar-refractivity contribution in [2.24, 2.45) is 0 Å². The lowest BCUT2D eigenvalue weighted by Crippen LogP contribution is -2.27. The fourth-order valence-corrected chi connectivity index (χ4v) is 2.39. The van der Waals surface area contributed by atoms with Crippen LogP contribution in [0.4, 0.5) is 13.2 Å². The highest BCUT2D eigenvalue weighted by molar-refractivity contribution is 5.94. The molecule has 0 aromatic heterocycles. The molecule has 1 N–H and O–H groups in total. The summed E-state index contributed by atoms with van der Waals surface area (Å²) in [6.07, 6.45) is -4.48. The summed E-state index contributed by atoms with van der Waals surface area (Å²) >= 11 is 0. The Morgan fingerprint density at radius 2 is 1.88 bits per heavy atom. The maximum Gasteiger partial charge on any atom is 0.416 e. The first-order chi connectivity index (χ1) is 11.2. The van der Waals surface area contributed by atoms with Crippen LogP contribution in [0.25, 0.3) is 0 Å². The first-order valence-electron chi connectivity index (χ1n) is 7.35. The monoisotopic (exact) mass is 337 g/mol. The van der Waals surface area contributed by atoms with E-state index in [9.17, 15) is 18.0 Å². The van der Waals surface area contributed by atoms with Crippen molar-refractivity contribution in [1.29, 1.82) is 0 Å². The van der Waals surface area contributed by atoms with Crippen molar-refractivity contribution < 1.29 is 22.7 Å². The molecule has 0 radical (unpaired) electrons. The number of amides is 1. The number of nitrogens with one attached hydrogen (secondary N) is 1. The molecule has 24 heavy (non-hydrogen) atoms. The maximum atomic E-state index is 12.8. The second kappa shape index (κ2) is 6.95. The molecule has 2 aromatic rings. The van der Waals surface area contributed by atoms with Crippen LogP contribution in [0.1, 0.15) is 40.0 Å². The molecule has 2 rings (SSSR count). The van der Waals surface area contributed by atoms with Gasteiger partial charge >= 0.3 is 6.18 Å². The minimum absolute atomic E-state index is 0.0386. The number of rotatable bonds is 4. The Labute approximate surface area is 138 Å². The van der Waals surface area contributed by atoms with Crippen molar-refractivity contribution in [2.75, 3.05) is 7.11 Å². The number of alkyl halides is 3. The summed E-state index contributed by atoms with van der Waals surface area (Å²) in [7, 11) is 1.52. The molecule has 128 valence electrons. The molecule has 0 aliphatic heterocycles. The molecule has 0 saturated heterocycles. The second-order valence-electron chi connectivity index (χ2n) is 5.52. The zero-order valence-electron chi connectivity index (χ0n) is 13.6. The van der Waals surface area contributed by atoms with Gasteiger partial charge in [-0.1, -0.05) is 23.8 Å². The van der Waals surface area contributed by atoms with E-state index in [1.807, 2.05) is 19.1 Å². The van der Waals surface area contributed by atoms with Crippen LogP contribution in [0.15, 0.2) is 42.5 Å². The summed E-state index contributed by atoms with van der Waals surface area (Å²) < 4.78 is 43.5. The van der Waals surface area contributed by atoms with E-state index >= 15 is 0 Å². The van der Waals surface area contributed by atoms with Crippen molar-refractivity contribution in [3.8, 4) is 5.75 Å². The van der Waals surface area contributed by atoms with E-state index in [0.29, 0.717) is 5.75 Å². The molecule has 2 aromatic carbocycles. The standard InChI is InChI=1S/C18H18F3NO2/c1-11-7-8-16(24-3)15(9-11)12(2)22-17(23)13-5-4-6-14(10-13)18(19,20)21/h4-10,12H,1-3H3,(H,22,23)/t12-/m1/s1. The van der Waals surface area contributed by atoms with Crippen LogP contribution in [-0.4, -0.2) is 13.0 Å². The predicted octanol–water partition coefficient (Wildman–Crippen LogP) is 4.51. The second-order valence-corrected chi connectivity index (χ2v) is 5.52. The van der Waals surface area contributed by atoms with Crippen molar-refractivity contribution in [3.05, 3.63) is 64.7 Å². The molecule has 0 fully saturated rings. The summed E-state index contributed by atoms with van der Waals surface area (Å²) in [6.45, 7) is 3.66. The summed E-state index contributed by atoms with van der Waals surface area (Å²) in [4.78, 5) is 12.3. The van der Waals surface area contributed by atoms with E-state index in [4.69, 9.17) is 4.74 Å². The molecule has 1 amide bonds. The quantitative estimate of drug-likeness (QED) is 0.891. The number of carbonyl (C=O) groups is 1. The number of carbonyl (C=O) groups excluding carboxylic acids is 1. The molecule has 0 spiro atoms. The topological polar surface area (TPSA) is 38.3 Å². The molecular formula is C18H18F3NO2. The van der Waals surface area contributed by atoms with E-state index in [1.165, 1.54) is 19.2 Å². The molecule has 0 heterocycles. The largest absolute Gasteiger partial charge is 0.496 e. The van der Waals surface area contributed by atoms with Gasteiger partial charge in [0.25, 0.3) is 5.91 Å². The highest BCUT2D eigenvalue weighted by atomic mass is 19.4. The van der Waals surface area contributed by atoms with Crippen LogP contribution in [0.2, 0.25) is 0 Å². The molecule has 0 bridgehead atoms. The Kier molecular flexibility index (Phi) is 5.17. The maximum absolute atomic E-state index is 12.8. The third-order valence-electron chi connectivity index (χ3n) is 3.65. The fraction of sp³-hybridized carbons (Fsp3) is 0.278. The Hall–Kier alpha value is -2.50. The molecule has 0 unspecified atom stereocenters. The van der Waals surface area contributed by atoms with Crippen molar-refractivity contribution in [1.82, 2.24) is 5.32 Å². The van der Waals surface area contributed by atoms with Crippen LogP contribution in [0, 0.1) is 6.92 Å². The number of hydrogen-bond acceptors (Lipinski definition) is 2. The summed E-state index contributed by atoms with van der Waals surface area (Å²) in [5, 5.41) is 2.71. The average Bonchev–Trinajstić information content (AvgIpc) is 2.54. The van der Waals surface area contributed by atoms with Gasteiger partial charge in [-0.3, -0.25) is 4.79 Å². The van der Waals surface area contributed by atoms with Crippen molar-refractivity contribution >= 4 is 5.91 Å². The summed E-state index contributed by atoms with van der Waals surface area (Å²) in [5.74, 6) is 0.0367. The van der Waals surface area contributed by atoms with Crippen molar-refractivity contribution in [3.63, 3.8) is 0 Å². The Balaban J connectivity index is 2.22. The van der Waals surface area contributed by atoms with E-state index in [0.717, 1.165) is 23.3 Å². The van der Waals surface area contributed by atoms with Gasteiger partial charge in [0.15, 0.2) is 0 Å². The average molecular weight is 337 g/mol. The SMILES string of the molecule is COc1ccc(C)cc1[C@@H](C)NC(=O)c1cccc(C(F)(F)F)c1. The Morgan fingerprint density at radius 3 is 2.50 bits per heavy atom. The molecule has 3 nitrogen and oxygen atoms in total. The number of methoxy groups -OCH3 is 1. The Morgan fingerprint density at radius 1 is 1.17 bits per heavy atom. The molecule has 0 aliphatic carbocycles. The summed E-state index contributed by atoms with van der Waals surface area (Å²) in [5.41, 5.74) is 0.864. The van der Waals surface area contributed by atoms with Gasteiger partial charge in [0.2, 0.25) is 0 Å².